The summed E-state index contributed by atoms with van der Waals surface area (Å²) < 4.78 is 10.2. The van der Waals surface area contributed by atoms with Crippen LogP contribution in [0.15, 0.2) is 30.3 Å². The zero-order chi connectivity index (χ0) is 26.1. The standard InChI is InChI=1S/C25H39N3O6/c1-9-33-19(29)15-16-26-21(30)20(18-13-11-10-12-14-18)28(24(3,4)5)22(31)17(2)27-23(32)34-25(6,7)8/h10-14,17,20H,9,15-16H2,1-8H3,(H,26,30)(H,27,32). The summed E-state index contributed by atoms with van der Waals surface area (Å²) in [7, 11) is 0. The molecule has 0 fully saturated rings. The Kier molecular flexibility index (Phi) is 10.5. The van der Waals surface area contributed by atoms with Gasteiger partial charge in [0.15, 0.2) is 0 Å². The van der Waals surface area contributed by atoms with Crippen LogP contribution in [0.5, 0.6) is 0 Å². The van der Waals surface area contributed by atoms with Crippen LogP contribution in [-0.4, -0.2) is 59.1 Å². The van der Waals surface area contributed by atoms with Crippen molar-refractivity contribution in [2.45, 2.75) is 85.0 Å². The van der Waals surface area contributed by atoms with Gasteiger partial charge in [-0.3, -0.25) is 14.4 Å². The molecule has 0 bridgehead atoms. The molecule has 1 aromatic rings. The number of nitrogens with one attached hydrogen (secondary N) is 2. The highest BCUT2D eigenvalue weighted by Crippen LogP contribution is 2.30. The third kappa shape index (κ3) is 9.41. The number of alkyl carbamates (subject to hydrolysis) is 1. The summed E-state index contributed by atoms with van der Waals surface area (Å²) in [5, 5.41) is 5.30. The lowest BCUT2D eigenvalue weighted by Crippen LogP contribution is -2.58. The van der Waals surface area contributed by atoms with Crippen molar-refractivity contribution < 1.29 is 28.7 Å². The van der Waals surface area contributed by atoms with Gasteiger partial charge in [-0.2, -0.15) is 0 Å². The lowest BCUT2D eigenvalue weighted by atomic mass is 9.95. The van der Waals surface area contributed by atoms with Crippen LogP contribution in [0.25, 0.3) is 0 Å². The van der Waals surface area contributed by atoms with Crippen LogP contribution in [0.1, 0.15) is 73.4 Å². The van der Waals surface area contributed by atoms with Crippen LogP contribution < -0.4 is 10.6 Å². The van der Waals surface area contributed by atoms with Crippen molar-refractivity contribution in [1.82, 2.24) is 15.5 Å². The highest BCUT2D eigenvalue weighted by molar-refractivity contribution is 5.92. The maximum Gasteiger partial charge on any atom is 0.408 e. The number of rotatable bonds is 9. The van der Waals surface area contributed by atoms with E-state index in [0.29, 0.717) is 5.56 Å². The summed E-state index contributed by atoms with van der Waals surface area (Å²) in [5.74, 6) is -1.31. The highest BCUT2D eigenvalue weighted by atomic mass is 16.6. The van der Waals surface area contributed by atoms with Crippen molar-refractivity contribution in [3.05, 3.63) is 35.9 Å². The van der Waals surface area contributed by atoms with Gasteiger partial charge in [-0.15, -0.1) is 0 Å². The molecule has 0 aromatic heterocycles. The van der Waals surface area contributed by atoms with E-state index in [1.54, 1.807) is 58.9 Å². The van der Waals surface area contributed by atoms with Gasteiger partial charge >= 0.3 is 12.1 Å². The largest absolute Gasteiger partial charge is 0.466 e. The molecule has 0 saturated carbocycles. The Morgan fingerprint density at radius 3 is 2.09 bits per heavy atom. The fourth-order valence-electron chi connectivity index (χ4n) is 3.27. The second kappa shape index (κ2) is 12.4. The third-order valence-electron chi connectivity index (χ3n) is 4.62. The minimum Gasteiger partial charge on any atom is -0.466 e. The minimum absolute atomic E-state index is 0.0150. The fraction of sp³-hybridized carbons (Fsp3) is 0.600. The van der Waals surface area contributed by atoms with Gasteiger partial charge in [0.25, 0.3) is 0 Å². The molecule has 1 aromatic carbocycles. The molecule has 0 spiro atoms. The van der Waals surface area contributed by atoms with Gasteiger partial charge in [0.05, 0.1) is 13.0 Å². The molecule has 0 aliphatic rings. The molecule has 0 aliphatic heterocycles. The van der Waals surface area contributed by atoms with E-state index in [9.17, 15) is 19.2 Å². The van der Waals surface area contributed by atoms with E-state index in [-0.39, 0.29) is 19.6 Å². The van der Waals surface area contributed by atoms with Gasteiger partial charge in [0.1, 0.15) is 17.7 Å². The topological polar surface area (TPSA) is 114 Å². The first-order valence-electron chi connectivity index (χ1n) is 11.5. The van der Waals surface area contributed by atoms with Gasteiger partial charge < -0.3 is 25.0 Å². The summed E-state index contributed by atoms with van der Waals surface area (Å²) in [6, 6.07) is 6.95. The van der Waals surface area contributed by atoms with E-state index in [1.165, 1.54) is 4.90 Å². The Hall–Kier alpha value is -3.10. The molecule has 2 unspecified atom stereocenters. The predicted octanol–water partition coefficient (Wildman–Crippen LogP) is 3.34. The average molecular weight is 478 g/mol. The number of benzene rings is 1. The molecule has 0 radical (unpaired) electrons. The summed E-state index contributed by atoms with van der Waals surface area (Å²) in [6.45, 7) is 14.2. The molecule has 2 N–H and O–H groups in total. The first-order chi connectivity index (χ1) is 15.7. The van der Waals surface area contributed by atoms with Crippen molar-refractivity contribution in [3.8, 4) is 0 Å². The van der Waals surface area contributed by atoms with E-state index in [1.807, 2.05) is 26.8 Å². The SMILES string of the molecule is CCOC(=O)CCNC(=O)C(c1ccccc1)N(C(=O)C(C)NC(=O)OC(C)(C)C)C(C)(C)C. The van der Waals surface area contributed by atoms with Crippen LogP contribution >= 0.6 is 0 Å². The van der Waals surface area contributed by atoms with Crippen molar-refractivity contribution >= 4 is 23.9 Å². The number of carbonyl (C=O) groups excluding carboxylic acids is 4. The molecule has 190 valence electrons. The van der Waals surface area contributed by atoms with Gasteiger partial charge in [-0.25, -0.2) is 4.79 Å². The number of esters is 1. The third-order valence-corrected chi connectivity index (χ3v) is 4.62. The minimum atomic E-state index is -0.987. The van der Waals surface area contributed by atoms with Crippen molar-refractivity contribution in [3.63, 3.8) is 0 Å². The number of amides is 3. The van der Waals surface area contributed by atoms with Crippen molar-refractivity contribution in [2.24, 2.45) is 0 Å². The average Bonchev–Trinajstić information content (AvgIpc) is 2.69. The van der Waals surface area contributed by atoms with E-state index in [0.717, 1.165) is 0 Å². The van der Waals surface area contributed by atoms with Crippen LogP contribution in [0.2, 0.25) is 0 Å². The lowest BCUT2D eigenvalue weighted by Gasteiger charge is -2.42. The second-order valence-corrected chi connectivity index (χ2v) is 9.91. The molecule has 0 saturated heterocycles. The molecule has 2 atom stereocenters. The Morgan fingerprint density at radius 1 is 1.00 bits per heavy atom. The molecule has 9 nitrogen and oxygen atoms in total. The summed E-state index contributed by atoms with van der Waals surface area (Å²) in [4.78, 5) is 52.3. The Balaban J connectivity index is 3.21. The van der Waals surface area contributed by atoms with Crippen LogP contribution in [0.3, 0.4) is 0 Å². The normalized spacial score (nSPS) is 13.3. The van der Waals surface area contributed by atoms with E-state index in [4.69, 9.17) is 9.47 Å². The van der Waals surface area contributed by atoms with Gasteiger partial charge in [0, 0.05) is 12.1 Å². The second-order valence-electron chi connectivity index (χ2n) is 9.91. The van der Waals surface area contributed by atoms with Crippen LogP contribution in [-0.2, 0) is 23.9 Å². The van der Waals surface area contributed by atoms with E-state index < -0.39 is 47.1 Å². The van der Waals surface area contributed by atoms with Crippen molar-refractivity contribution in [1.29, 1.82) is 0 Å². The molecule has 34 heavy (non-hydrogen) atoms. The van der Waals surface area contributed by atoms with Gasteiger partial charge in [-0.1, -0.05) is 30.3 Å². The van der Waals surface area contributed by atoms with Crippen molar-refractivity contribution in [2.75, 3.05) is 13.2 Å². The number of carbonyl (C=O) groups is 4. The van der Waals surface area contributed by atoms with E-state index >= 15 is 0 Å². The molecule has 0 heterocycles. The number of ether oxygens (including phenoxy) is 2. The Labute approximate surface area is 202 Å². The molecular formula is C25H39N3O6. The zero-order valence-corrected chi connectivity index (χ0v) is 21.6. The molecule has 9 heteroatoms. The molecule has 1 rings (SSSR count). The van der Waals surface area contributed by atoms with Gasteiger partial charge in [-0.05, 0) is 61.0 Å². The quantitative estimate of drug-likeness (QED) is 0.527. The summed E-state index contributed by atoms with van der Waals surface area (Å²) in [5.41, 5.74) is -0.897. The number of nitrogens with zero attached hydrogens (tertiary/aromatic N) is 1. The smallest absolute Gasteiger partial charge is 0.408 e. The Bertz CT molecular complexity index is 842. The lowest BCUT2D eigenvalue weighted by molar-refractivity contribution is -0.148. The summed E-state index contributed by atoms with van der Waals surface area (Å²) >= 11 is 0. The van der Waals surface area contributed by atoms with E-state index in [2.05, 4.69) is 10.6 Å². The summed E-state index contributed by atoms with van der Waals surface area (Å²) in [6.07, 6.45) is -0.710. The Morgan fingerprint density at radius 2 is 1.59 bits per heavy atom. The molecule has 0 aliphatic carbocycles. The predicted molar refractivity (Wildman–Crippen MR) is 129 cm³/mol. The molecule has 3 amide bonds. The van der Waals surface area contributed by atoms with Crippen LogP contribution in [0.4, 0.5) is 4.79 Å². The number of hydrogen-bond donors (Lipinski definition) is 2. The first kappa shape index (κ1) is 28.9. The zero-order valence-electron chi connectivity index (χ0n) is 21.6. The maximum atomic E-state index is 13.6. The monoisotopic (exact) mass is 477 g/mol. The highest BCUT2D eigenvalue weighted by Gasteiger charge is 2.40. The number of hydrogen-bond acceptors (Lipinski definition) is 6. The fourth-order valence-corrected chi connectivity index (χ4v) is 3.27. The van der Waals surface area contributed by atoms with Gasteiger partial charge in [0.2, 0.25) is 11.8 Å². The first-order valence-corrected chi connectivity index (χ1v) is 11.5. The van der Waals surface area contributed by atoms with Crippen LogP contribution in [0, 0.1) is 0 Å². The molecular weight excluding hydrogens is 438 g/mol. The maximum absolute atomic E-state index is 13.6.